The third-order valence-electron chi connectivity index (χ3n) is 4.31. The van der Waals surface area contributed by atoms with Crippen LogP contribution in [-0.4, -0.2) is 34.0 Å². The lowest BCUT2D eigenvalue weighted by Crippen LogP contribution is -2.21. The number of para-hydroxylation sites is 1. The number of nitrogens with zero attached hydrogens (tertiary/aromatic N) is 2. The van der Waals surface area contributed by atoms with E-state index in [4.69, 9.17) is 16.3 Å². The normalized spacial score (nSPS) is 10.6. The molecule has 0 aliphatic carbocycles. The van der Waals surface area contributed by atoms with E-state index < -0.39 is 11.9 Å². The van der Waals surface area contributed by atoms with Gasteiger partial charge in [0.2, 0.25) is 0 Å². The van der Waals surface area contributed by atoms with Crippen LogP contribution in [-0.2, 0) is 14.3 Å². The number of amides is 1. The first-order valence-electron chi connectivity index (χ1n) is 9.39. The third-order valence-corrected chi connectivity index (χ3v) is 5.58. The number of aromatic nitrogens is 2. The van der Waals surface area contributed by atoms with E-state index in [-0.39, 0.29) is 13.0 Å². The smallest absolute Gasteiger partial charge is 0.307 e. The fourth-order valence-corrected chi connectivity index (χ4v) is 3.78. The van der Waals surface area contributed by atoms with E-state index in [9.17, 15) is 9.59 Å². The van der Waals surface area contributed by atoms with Crippen LogP contribution in [0.4, 0.5) is 5.69 Å². The summed E-state index contributed by atoms with van der Waals surface area (Å²) in [6.45, 7) is 3.37. The molecule has 2 aromatic carbocycles. The summed E-state index contributed by atoms with van der Waals surface area (Å²) >= 11 is 7.38. The first kappa shape index (κ1) is 21.9. The molecule has 1 amide bonds. The van der Waals surface area contributed by atoms with Crippen LogP contribution < -0.4 is 5.32 Å². The van der Waals surface area contributed by atoms with E-state index in [1.54, 1.807) is 16.8 Å². The molecule has 0 fully saturated rings. The van der Waals surface area contributed by atoms with Crippen LogP contribution in [0.25, 0.3) is 5.69 Å². The van der Waals surface area contributed by atoms with Gasteiger partial charge >= 0.3 is 5.97 Å². The van der Waals surface area contributed by atoms with Gasteiger partial charge in [-0.1, -0.05) is 29.8 Å². The first-order chi connectivity index (χ1) is 14.4. The second-order valence-corrected chi connectivity index (χ2v) is 8.16. The molecular weight excluding hydrogens is 422 g/mol. The van der Waals surface area contributed by atoms with E-state index in [0.717, 1.165) is 16.3 Å². The van der Waals surface area contributed by atoms with Gasteiger partial charge in [-0.05, 0) is 50.2 Å². The lowest BCUT2D eigenvalue weighted by atomic mass is 10.3. The predicted octanol–water partition coefficient (Wildman–Crippen LogP) is 4.81. The van der Waals surface area contributed by atoms with Gasteiger partial charge in [0.05, 0.1) is 29.2 Å². The molecule has 1 heterocycles. The number of esters is 1. The van der Waals surface area contributed by atoms with Gasteiger partial charge in [-0.25, -0.2) is 4.68 Å². The second-order valence-electron chi connectivity index (χ2n) is 6.55. The SMILES string of the molecule is Cc1nn(-c2ccccc2)c(C)c1NC(=O)COC(=O)CCSc1ccc(Cl)cc1. The van der Waals surface area contributed by atoms with Crippen molar-refractivity contribution in [3.63, 3.8) is 0 Å². The Hall–Kier alpha value is -2.77. The van der Waals surface area contributed by atoms with Crippen molar-refractivity contribution < 1.29 is 14.3 Å². The molecule has 156 valence electrons. The molecule has 0 spiro atoms. The molecule has 3 rings (SSSR count). The zero-order chi connectivity index (χ0) is 21.5. The molecule has 0 saturated carbocycles. The highest BCUT2D eigenvalue weighted by molar-refractivity contribution is 7.99. The molecule has 0 bridgehead atoms. The molecule has 0 unspecified atom stereocenters. The molecule has 0 atom stereocenters. The van der Waals surface area contributed by atoms with Gasteiger partial charge in [-0.3, -0.25) is 9.59 Å². The van der Waals surface area contributed by atoms with Crippen molar-refractivity contribution in [3.05, 3.63) is 71.0 Å². The largest absolute Gasteiger partial charge is 0.456 e. The molecule has 0 radical (unpaired) electrons. The van der Waals surface area contributed by atoms with Gasteiger partial charge in [0.15, 0.2) is 6.61 Å². The minimum absolute atomic E-state index is 0.213. The van der Waals surface area contributed by atoms with Crippen molar-refractivity contribution in [1.82, 2.24) is 9.78 Å². The standard InChI is InChI=1S/C22H22ClN3O3S/c1-15-22(16(2)26(25-15)18-6-4-3-5-7-18)24-20(27)14-29-21(28)12-13-30-19-10-8-17(23)9-11-19/h3-11H,12-14H2,1-2H3,(H,24,27). The maximum Gasteiger partial charge on any atom is 0.307 e. The van der Waals surface area contributed by atoms with E-state index in [2.05, 4.69) is 10.4 Å². The minimum Gasteiger partial charge on any atom is -0.456 e. The fraction of sp³-hybridized carbons (Fsp3) is 0.227. The average Bonchev–Trinajstić information content (AvgIpc) is 3.02. The van der Waals surface area contributed by atoms with Gasteiger partial charge in [-0.15, -0.1) is 11.8 Å². The van der Waals surface area contributed by atoms with Crippen molar-refractivity contribution in [2.75, 3.05) is 17.7 Å². The van der Waals surface area contributed by atoms with Crippen LogP contribution in [0.2, 0.25) is 5.02 Å². The van der Waals surface area contributed by atoms with Gasteiger partial charge in [0, 0.05) is 15.7 Å². The molecule has 1 N–H and O–H groups in total. The molecule has 1 aromatic heterocycles. The maximum absolute atomic E-state index is 12.3. The molecule has 0 aliphatic heterocycles. The van der Waals surface area contributed by atoms with Crippen LogP contribution in [0.15, 0.2) is 59.5 Å². The minimum atomic E-state index is -0.417. The Kier molecular flexibility index (Phi) is 7.54. The number of halogens is 1. The number of benzene rings is 2. The topological polar surface area (TPSA) is 73.2 Å². The number of rotatable bonds is 8. The summed E-state index contributed by atoms with van der Waals surface area (Å²) in [6.07, 6.45) is 0.213. The third kappa shape index (κ3) is 5.87. The van der Waals surface area contributed by atoms with E-state index in [1.807, 2.05) is 56.3 Å². The molecular formula is C22H22ClN3O3S. The van der Waals surface area contributed by atoms with Crippen LogP contribution in [0, 0.1) is 13.8 Å². The summed E-state index contributed by atoms with van der Waals surface area (Å²) < 4.78 is 6.86. The molecule has 0 saturated heterocycles. The number of hydrogen-bond donors (Lipinski definition) is 1. The lowest BCUT2D eigenvalue weighted by Gasteiger charge is -2.08. The number of thioether (sulfide) groups is 1. The number of carbonyl (C=O) groups is 2. The van der Waals surface area contributed by atoms with Crippen molar-refractivity contribution >= 4 is 40.9 Å². The Morgan fingerprint density at radius 2 is 1.80 bits per heavy atom. The highest BCUT2D eigenvalue weighted by Crippen LogP contribution is 2.23. The number of aryl methyl sites for hydroxylation is 1. The van der Waals surface area contributed by atoms with Gasteiger partial charge in [0.25, 0.3) is 5.91 Å². The average molecular weight is 444 g/mol. The quantitative estimate of drug-likeness (QED) is 0.399. The summed E-state index contributed by atoms with van der Waals surface area (Å²) in [5.74, 6) is -0.253. The summed E-state index contributed by atoms with van der Waals surface area (Å²) in [5.41, 5.74) is 3.02. The summed E-state index contributed by atoms with van der Waals surface area (Å²) in [5, 5.41) is 7.95. The van der Waals surface area contributed by atoms with Crippen molar-refractivity contribution in [2.24, 2.45) is 0 Å². The summed E-state index contributed by atoms with van der Waals surface area (Å²) in [6, 6.07) is 17.1. The Morgan fingerprint density at radius 3 is 2.50 bits per heavy atom. The van der Waals surface area contributed by atoms with Gasteiger partial charge < -0.3 is 10.1 Å². The summed E-state index contributed by atoms with van der Waals surface area (Å²) in [7, 11) is 0. The number of carbonyl (C=O) groups excluding carboxylic acids is 2. The zero-order valence-corrected chi connectivity index (χ0v) is 18.3. The van der Waals surface area contributed by atoms with Crippen LogP contribution in [0.1, 0.15) is 17.8 Å². The fourth-order valence-electron chi connectivity index (χ4n) is 2.82. The number of anilines is 1. The van der Waals surface area contributed by atoms with Crippen molar-refractivity contribution in [2.45, 2.75) is 25.2 Å². The van der Waals surface area contributed by atoms with Crippen molar-refractivity contribution in [1.29, 1.82) is 0 Å². The molecule has 8 heteroatoms. The van der Waals surface area contributed by atoms with Gasteiger partial charge in [0.1, 0.15) is 0 Å². The highest BCUT2D eigenvalue weighted by atomic mass is 35.5. The monoisotopic (exact) mass is 443 g/mol. The highest BCUT2D eigenvalue weighted by Gasteiger charge is 2.16. The lowest BCUT2D eigenvalue weighted by molar-refractivity contribution is -0.146. The first-order valence-corrected chi connectivity index (χ1v) is 10.8. The predicted molar refractivity (Wildman–Crippen MR) is 119 cm³/mol. The number of nitrogens with one attached hydrogen (secondary N) is 1. The number of hydrogen-bond acceptors (Lipinski definition) is 5. The van der Waals surface area contributed by atoms with Crippen LogP contribution in [0.5, 0.6) is 0 Å². The number of ether oxygens (including phenoxy) is 1. The zero-order valence-electron chi connectivity index (χ0n) is 16.7. The Bertz CT molecular complexity index is 1020. The molecule has 3 aromatic rings. The second kappa shape index (κ2) is 10.3. The Labute approximate surface area is 184 Å². The van der Waals surface area contributed by atoms with E-state index in [0.29, 0.717) is 22.2 Å². The van der Waals surface area contributed by atoms with Gasteiger partial charge in [-0.2, -0.15) is 5.10 Å². The van der Waals surface area contributed by atoms with Crippen molar-refractivity contribution in [3.8, 4) is 5.69 Å². The van der Waals surface area contributed by atoms with Crippen LogP contribution in [0.3, 0.4) is 0 Å². The molecule has 6 nitrogen and oxygen atoms in total. The Balaban J connectivity index is 1.47. The van der Waals surface area contributed by atoms with E-state index >= 15 is 0 Å². The summed E-state index contributed by atoms with van der Waals surface area (Å²) in [4.78, 5) is 25.2. The van der Waals surface area contributed by atoms with E-state index in [1.165, 1.54) is 11.8 Å². The maximum atomic E-state index is 12.3. The Morgan fingerprint density at radius 1 is 1.10 bits per heavy atom. The molecule has 0 aliphatic rings. The van der Waals surface area contributed by atoms with Crippen LogP contribution >= 0.6 is 23.4 Å². The molecule has 30 heavy (non-hydrogen) atoms.